The second-order valence-corrected chi connectivity index (χ2v) is 8.18. The van der Waals surface area contributed by atoms with Gasteiger partial charge in [-0.15, -0.1) is 0 Å². The van der Waals surface area contributed by atoms with Crippen molar-refractivity contribution in [3.63, 3.8) is 0 Å². The number of aliphatic hydroxyl groups excluding tert-OH is 1. The van der Waals surface area contributed by atoms with Crippen molar-refractivity contribution in [2.75, 3.05) is 45.8 Å². The fourth-order valence-corrected chi connectivity index (χ4v) is 4.56. The molecule has 1 aromatic heterocycles. The lowest BCUT2D eigenvalue weighted by Gasteiger charge is -2.45. The molecule has 2 aliphatic heterocycles. The molecule has 6 nitrogen and oxygen atoms in total. The van der Waals surface area contributed by atoms with Crippen LogP contribution < -0.4 is 0 Å². The summed E-state index contributed by atoms with van der Waals surface area (Å²) in [7, 11) is 0. The van der Waals surface area contributed by atoms with Crippen LogP contribution in [0.2, 0.25) is 0 Å². The Kier molecular flexibility index (Phi) is 6.33. The molecule has 2 atom stereocenters. The molecule has 2 fully saturated rings. The molecule has 1 N–H and O–H groups in total. The summed E-state index contributed by atoms with van der Waals surface area (Å²) in [5.74, 6) is 0.595. The number of furan rings is 1. The number of piperazine rings is 1. The van der Waals surface area contributed by atoms with Gasteiger partial charge in [0, 0.05) is 51.9 Å². The molecule has 4 rings (SSSR count). The summed E-state index contributed by atoms with van der Waals surface area (Å²) in [6.07, 6.45) is 2.93. The zero-order valence-corrected chi connectivity index (χ0v) is 17.2. The molecule has 3 heterocycles. The van der Waals surface area contributed by atoms with Gasteiger partial charge >= 0.3 is 0 Å². The van der Waals surface area contributed by atoms with Crippen LogP contribution in [0.5, 0.6) is 0 Å². The Morgan fingerprint density at radius 1 is 1.10 bits per heavy atom. The number of rotatable bonds is 5. The van der Waals surface area contributed by atoms with Crippen molar-refractivity contribution in [2.24, 2.45) is 0 Å². The number of aryl methyl sites for hydroxylation is 1. The van der Waals surface area contributed by atoms with E-state index in [9.17, 15) is 9.90 Å². The van der Waals surface area contributed by atoms with Gasteiger partial charge in [-0.1, -0.05) is 30.3 Å². The highest BCUT2D eigenvalue weighted by molar-refractivity contribution is 5.95. The van der Waals surface area contributed by atoms with Crippen LogP contribution in [0, 0.1) is 6.92 Å². The fourth-order valence-electron chi connectivity index (χ4n) is 4.56. The quantitative estimate of drug-likeness (QED) is 0.837. The lowest BCUT2D eigenvalue weighted by molar-refractivity contribution is -0.0242. The molecule has 0 aliphatic carbocycles. The number of amides is 1. The minimum Gasteiger partial charge on any atom is -0.469 e. The Bertz CT molecular complexity index is 799. The molecule has 0 unspecified atom stereocenters. The van der Waals surface area contributed by atoms with Gasteiger partial charge in [0.15, 0.2) is 0 Å². The summed E-state index contributed by atoms with van der Waals surface area (Å²) < 4.78 is 5.25. The molecule has 0 radical (unpaired) electrons. The van der Waals surface area contributed by atoms with Gasteiger partial charge in [-0.2, -0.15) is 0 Å². The summed E-state index contributed by atoms with van der Waals surface area (Å²) in [4.78, 5) is 19.4. The summed E-state index contributed by atoms with van der Waals surface area (Å²) in [6, 6.07) is 12.5. The van der Waals surface area contributed by atoms with Gasteiger partial charge in [-0.25, -0.2) is 0 Å². The Balaban J connectivity index is 1.24. The van der Waals surface area contributed by atoms with E-state index in [-0.39, 0.29) is 11.9 Å². The number of likely N-dealkylation sites (tertiary alicyclic amines) is 1. The van der Waals surface area contributed by atoms with Crippen LogP contribution in [0.25, 0.3) is 0 Å². The van der Waals surface area contributed by atoms with Crippen molar-refractivity contribution < 1.29 is 14.3 Å². The lowest BCUT2D eigenvalue weighted by atomic mass is 9.98. The predicted octanol–water partition coefficient (Wildman–Crippen LogP) is 2.02. The smallest absolute Gasteiger partial charge is 0.257 e. The van der Waals surface area contributed by atoms with Crippen LogP contribution in [0.15, 0.2) is 47.1 Å². The van der Waals surface area contributed by atoms with E-state index >= 15 is 0 Å². The van der Waals surface area contributed by atoms with E-state index in [1.165, 1.54) is 5.56 Å². The summed E-state index contributed by atoms with van der Waals surface area (Å²) in [5.41, 5.74) is 1.98. The van der Waals surface area contributed by atoms with E-state index in [0.717, 1.165) is 45.6 Å². The van der Waals surface area contributed by atoms with E-state index in [1.54, 1.807) is 24.2 Å². The second kappa shape index (κ2) is 9.11. The monoisotopic (exact) mass is 397 g/mol. The minimum atomic E-state index is -0.504. The highest BCUT2D eigenvalue weighted by atomic mass is 16.3. The maximum atomic E-state index is 12.7. The van der Waals surface area contributed by atoms with Crippen molar-refractivity contribution >= 4 is 5.91 Å². The Morgan fingerprint density at radius 3 is 2.52 bits per heavy atom. The molecule has 2 aromatic rings. The van der Waals surface area contributed by atoms with E-state index in [0.29, 0.717) is 24.4 Å². The van der Waals surface area contributed by atoms with Gasteiger partial charge in [0.05, 0.1) is 17.9 Å². The van der Waals surface area contributed by atoms with E-state index in [2.05, 4.69) is 40.1 Å². The zero-order valence-electron chi connectivity index (χ0n) is 17.2. The van der Waals surface area contributed by atoms with Gasteiger partial charge in [0.1, 0.15) is 5.76 Å². The number of β-amino-alcohol motifs (C(OH)–C–C–N with tert-alkyl or cyclic N) is 1. The number of benzene rings is 1. The fraction of sp³-hybridized carbons (Fsp3) is 0.522. The topological polar surface area (TPSA) is 60.2 Å². The zero-order chi connectivity index (χ0) is 20.2. The van der Waals surface area contributed by atoms with Crippen molar-refractivity contribution in [1.29, 1.82) is 0 Å². The standard InChI is InChI=1S/C23H31N3O3/c1-18-20(9-16-29-18)23(28)26-11-8-21(22(27)17-26)25-14-12-24(13-15-25)10-7-19-5-3-2-4-6-19/h2-6,9,16,21-22,27H,7-8,10-15,17H2,1H3/t21-,22-/m0/s1. The Hall–Kier alpha value is -2.15. The Labute approximate surface area is 172 Å². The van der Waals surface area contributed by atoms with Crippen LogP contribution in [0.4, 0.5) is 0 Å². The van der Waals surface area contributed by atoms with Crippen LogP contribution in [-0.4, -0.2) is 83.7 Å². The molecule has 2 aliphatic rings. The van der Waals surface area contributed by atoms with Gasteiger partial charge in [0.25, 0.3) is 5.91 Å². The average Bonchev–Trinajstić information content (AvgIpc) is 3.19. The molecule has 0 bridgehead atoms. The second-order valence-electron chi connectivity index (χ2n) is 8.18. The van der Waals surface area contributed by atoms with Gasteiger partial charge in [-0.3, -0.25) is 9.69 Å². The van der Waals surface area contributed by atoms with E-state index in [1.807, 2.05) is 0 Å². The summed E-state index contributed by atoms with van der Waals surface area (Å²) in [5, 5.41) is 10.8. The van der Waals surface area contributed by atoms with Crippen LogP contribution in [0.1, 0.15) is 28.1 Å². The predicted molar refractivity (Wildman–Crippen MR) is 112 cm³/mol. The molecule has 2 saturated heterocycles. The largest absolute Gasteiger partial charge is 0.469 e. The Morgan fingerprint density at radius 2 is 1.86 bits per heavy atom. The molecular weight excluding hydrogens is 366 g/mol. The van der Waals surface area contributed by atoms with Crippen molar-refractivity contribution in [2.45, 2.75) is 31.9 Å². The number of aliphatic hydroxyl groups is 1. The first-order valence-corrected chi connectivity index (χ1v) is 10.6. The number of hydrogen-bond donors (Lipinski definition) is 1. The number of carbonyl (C=O) groups excluding carboxylic acids is 1. The third-order valence-electron chi connectivity index (χ3n) is 6.36. The first-order chi connectivity index (χ1) is 14.1. The molecule has 1 amide bonds. The van der Waals surface area contributed by atoms with Crippen LogP contribution >= 0.6 is 0 Å². The highest BCUT2D eigenvalue weighted by Gasteiger charge is 2.35. The number of nitrogens with zero attached hydrogens (tertiary/aromatic N) is 3. The van der Waals surface area contributed by atoms with Crippen molar-refractivity contribution in [3.8, 4) is 0 Å². The molecular formula is C23H31N3O3. The SMILES string of the molecule is Cc1occc1C(=O)N1CC[C@H](N2CCN(CCc3ccccc3)CC2)[C@@H](O)C1. The maximum absolute atomic E-state index is 12.7. The van der Waals surface area contributed by atoms with Crippen LogP contribution in [0.3, 0.4) is 0 Å². The molecule has 0 saturated carbocycles. The van der Waals surface area contributed by atoms with Crippen LogP contribution in [-0.2, 0) is 6.42 Å². The van der Waals surface area contributed by atoms with E-state index < -0.39 is 6.10 Å². The van der Waals surface area contributed by atoms with E-state index in [4.69, 9.17) is 4.42 Å². The molecule has 0 spiro atoms. The third kappa shape index (κ3) is 4.71. The number of carbonyl (C=O) groups is 1. The van der Waals surface area contributed by atoms with Crippen molar-refractivity contribution in [1.82, 2.24) is 14.7 Å². The van der Waals surface area contributed by atoms with Crippen molar-refractivity contribution in [3.05, 3.63) is 59.5 Å². The first kappa shape index (κ1) is 20.1. The molecule has 1 aromatic carbocycles. The lowest BCUT2D eigenvalue weighted by Crippen LogP contribution is -2.59. The van der Waals surface area contributed by atoms with Gasteiger partial charge in [0.2, 0.25) is 0 Å². The maximum Gasteiger partial charge on any atom is 0.257 e. The number of piperidine rings is 1. The summed E-state index contributed by atoms with van der Waals surface area (Å²) in [6.45, 7) is 7.98. The average molecular weight is 398 g/mol. The normalized spacial score (nSPS) is 24.0. The minimum absolute atomic E-state index is 0.0421. The number of hydrogen-bond acceptors (Lipinski definition) is 5. The molecule has 156 valence electrons. The molecule has 6 heteroatoms. The van der Waals surface area contributed by atoms with Gasteiger partial charge in [-0.05, 0) is 31.4 Å². The first-order valence-electron chi connectivity index (χ1n) is 10.6. The third-order valence-corrected chi connectivity index (χ3v) is 6.36. The molecule has 29 heavy (non-hydrogen) atoms. The van der Waals surface area contributed by atoms with Gasteiger partial charge < -0.3 is 19.3 Å². The highest BCUT2D eigenvalue weighted by Crippen LogP contribution is 2.22. The summed E-state index contributed by atoms with van der Waals surface area (Å²) >= 11 is 0.